The molecule has 154 valence electrons. The van der Waals surface area contributed by atoms with Gasteiger partial charge in [0.15, 0.2) is 0 Å². The summed E-state index contributed by atoms with van der Waals surface area (Å²) in [4.78, 5) is 14.8. The Hall–Kier alpha value is -1.93. The number of sulfonamides is 1. The molecule has 2 aromatic carbocycles. The summed E-state index contributed by atoms with van der Waals surface area (Å²) in [6.45, 7) is 0.690. The molecule has 1 N–H and O–H groups in total. The Kier molecular flexibility index (Phi) is 5.42. The normalized spacial score (nSPS) is 22.3. The molecule has 2 saturated heterocycles. The quantitative estimate of drug-likeness (QED) is 0.804. The van der Waals surface area contributed by atoms with Crippen molar-refractivity contribution < 1.29 is 13.2 Å². The van der Waals surface area contributed by atoms with Crippen LogP contribution in [0.3, 0.4) is 0 Å². The molecule has 0 saturated carbocycles. The fourth-order valence-corrected chi connectivity index (χ4v) is 6.01. The summed E-state index contributed by atoms with van der Waals surface area (Å²) in [5, 5.41) is 3.90. The molecular formula is C21H24ClN3O3S. The van der Waals surface area contributed by atoms with Gasteiger partial charge in [-0.15, -0.1) is 0 Å². The first-order chi connectivity index (χ1) is 13.8. The molecule has 2 aliphatic rings. The third-order valence-corrected chi connectivity index (χ3v) is 8.11. The summed E-state index contributed by atoms with van der Waals surface area (Å²) in [5.74, 6) is 0.0556. The van der Waals surface area contributed by atoms with Crippen molar-refractivity contribution in [2.45, 2.75) is 35.9 Å². The number of rotatable bonds is 4. The van der Waals surface area contributed by atoms with Crippen LogP contribution in [-0.2, 0) is 21.2 Å². The molecule has 6 nitrogen and oxygen atoms in total. The minimum Gasteiger partial charge on any atom is -0.326 e. The predicted molar refractivity (Wildman–Crippen MR) is 112 cm³/mol. The number of likely N-dealkylation sites (N-methyl/N-ethyl adjacent to an activating group) is 1. The van der Waals surface area contributed by atoms with Crippen LogP contribution in [0.4, 0.5) is 0 Å². The third-order valence-electron chi connectivity index (χ3n) is 5.98. The highest BCUT2D eigenvalue weighted by atomic mass is 35.5. The molecule has 1 spiro atoms. The van der Waals surface area contributed by atoms with Gasteiger partial charge in [-0.1, -0.05) is 48.0 Å². The first-order valence-electron chi connectivity index (χ1n) is 9.67. The van der Waals surface area contributed by atoms with Crippen molar-refractivity contribution in [1.82, 2.24) is 14.5 Å². The van der Waals surface area contributed by atoms with Gasteiger partial charge in [-0.3, -0.25) is 10.1 Å². The van der Waals surface area contributed by atoms with Gasteiger partial charge in [-0.2, -0.15) is 4.31 Å². The maximum Gasteiger partial charge on any atom is 0.243 e. The van der Waals surface area contributed by atoms with E-state index in [0.29, 0.717) is 37.4 Å². The summed E-state index contributed by atoms with van der Waals surface area (Å²) in [6.07, 6.45) is 1.71. The summed E-state index contributed by atoms with van der Waals surface area (Å²) < 4.78 is 27.4. The van der Waals surface area contributed by atoms with Gasteiger partial charge in [0.1, 0.15) is 0 Å². The third kappa shape index (κ3) is 3.80. The first-order valence-corrected chi connectivity index (χ1v) is 11.5. The highest BCUT2D eigenvalue weighted by Crippen LogP contribution is 2.34. The van der Waals surface area contributed by atoms with Crippen LogP contribution >= 0.6 is 11.6 Å². The van der Waals surface area contributed by atoms with E-state index in [1.165, 1.54) is 10.4 Å². The van der Waals surface area contributed by atoms with Crippen molar-refractivity contribution in [3.05, 3.63) is 65.2 Å². The Bertz CT molecular complexity index is 1000. The van der Waals surface area contributed by atoms with E-state index in [2.05, 4.69) is 5.32 Å². The standard InChI is InChI=1S/C21H24ClN3O3S/c1-24-20(26)19(14-16-6-3-2-4-7-16)23-21(24)10-12-25(13-11-21)29(27,28)18-9-5-8-17(22)15-18/h2-9,15,19,23H,10-14H2,1H3. The van der Waals surface area contributed by atoms with Gasteiger partial charge in [0, 0.05) is 25.2 Å². The van der Waals surface area contributed by atoms with E-state index in [9.17, 15) is 13.2 Å². The maximum atomic E-state index is 13.0. The zero-order valence-electron chi connectivity index (χ0n) is 16.2. The molecule has 0 aromatic heterocycles. The lowest BCUT2D eigenvalue weighted by molar-refractivity contribution is -0.131. The van der Waals surface area contributed by atoms with Crippen molar-refractivity contribution in [1.29, 1.82) is 0 Å². The fourth-order valence-electron chi connectivity index (χ4n) is 4.27. The van der Waals surface area contributed by atoms with Crippen molar-refractivity contribution in [2.24, 2.45) is 0 Å². The molecule has 0 bridgehead atoms. The molecular weight excluding hydrogens is 410 g/mol. The predicted octanol–water partition coefficient (Wildman–Crippen LogP) is 2.49. The molecule has 0 aliphatic carbocycles. The Morgan fingerprint density at radius 3 is 2.45 bits per heavy atom. The van der Waals surface area contributed by atoms with E-state index in [4.69, 9.17) is 11.6 Å². The van der Waals surface area contributed by atoms with Crippen LogP contribution in [0.15, 0.2) is 59.5 Å². The van der Waals surface area contributed by atoms with Gasteiger partial charge >= 0.3 is 0 Å². The molecule has 29 heavy (non-hydrogen) atoms. The maximum absolute atomic E-state index is 13.0. The Labute approximate surface area is 176 Å². The second-order valence-corrected chi connectivity index (χ2v) is 10.1. The number of halogens is 1. The second-order valence-electron chi connectivity index (χ2n) is 7.68. The number of piperidine rings is 1. The average Bonchev–Trinajstić information content (AvgIpc) is 2.94. The summed E-state index contributed by atoms with van der Waals surface area (Å²) in [6, 6.07) is 15.9. The lowest BCUT2D eigenvalue weighted by atomic mass is 9.97. The molecule has 4 rings (SSSR count). The number of benzene rings is 2. The van der Waals surface area contributed by atoms with E-state index in [-0.39, 0.29) is 16.8 Å². The Morgan fingerprint density at radius 2 is 1.79 bits per heavy atom. The number of amides is 1. The molecule has 8 heteroatoms. The molecule has 2 aromatic rings. The number of carbonyl (C=O) groups is 1. The summed E-state index contributed by atoms with van der Waals surface area (Å²) in [5.41, 5.74) is 0.599. The van der Waals surface area contributed by atoms with Gasteiger partial charge in [0.2, 0.25) is 15.9 Å². The molecule has 2 heterocycles. The van der Waals surface area contributed by atoms with Gasteiger partial charge < -0.3 is 4.90 Å². The van der Waals surface area contributed by atoms with E-state index in [0.717, 1.165) is 5.56 Å². The number of hydrogen-bond donors (Lipinski definition) is 1. The van der Waals surface area contributed by atoms with Crippen LogP contribution in [0.2, 0.25) is 5.02 Å². The van der Waals surface area contributed by atoms with E-state index in [1.807, 2.05) is 30.3 Å². The van der Waals surface area contributed by atoms with E-state index in [1.54, 1.807) is 30.1 Å². The molecule has 1 unspecified atom stereocenters. The molecule has 1 atom stereocenters. The van der Waals surface area contributed by atoms with Crippen molar-refractivity contribution in [3.63, 3.8) is 0 Å². The van der Waals surface area contributed by atoms with Crippen molar-refractivity contribution in [2.75, 3.05) is 20.1 Å². The van der Waals surface area contributed by atoms with Gasteiger partial charge in [0.05, 0.1) is 16.6 Å². The highest BCUT2D eigenvalue weighted by molar-refractivity contribution is 7.89. The second kappa shape index (κ2) is 7.72. The van der Waals surface area contributed by atoms with E-state index < -0.39 is 15.7 Å². The minimum absolute atomic E-state index is 0.0556. The largest absolute Gasteiger partial charge is 0.326 e. The Morgan fingerprint density at radius 1 is 1.10 bits per heavy atom. The van der Waals surface area contributed by atoms with Gasteiger partial charge in [-0.25, -0.2) is 8.42 Å². The van der Waals surface area contributed by atoms with Crippen LogP contribution in [0.25, 0.3) is 0 Å². The van der Waals surface area contributed by atoms with Crippen molar-refractivity contribution >= 4 is 27.5 Å². The van der Waals surface area contributed by atoms with Crippen LogP contribution in [0, 0.1) is 0 Å². The van der Waals surface area contributed by atoms with Crippen LogP contribution in [0.1, 0.15) is 18.4 Å². The van der Waals surface area contributed by atoms with Crippen LogP contribution in [0.5, 0.6) is 0 Å². The first kappa shape index (κ1) is 20.3. The highest BCUT2D eigenvalue weighted by Gasteiger charge is 2.50. The number of nitrogens with one attached hydrogen (secondary N) is 1. The van der Waals surface area contributed by atoms with Gasteiger partial charge in [0.25, 0.3) is 0 Å². The van der Waals surface area contributed by atoms with Crippen LogP contribution < -0.4 is 5.32 Å². The topological polar surface area (TPSA) is 69.7 Å². The average molecular weight is 434 g/mol. The monoisotopic (exact) mass is 433 g/mol. The van der Waals surface area contributed by atoms with E-state index >= 15 is 0 Å². The molecule has 2 aliphatic heterocycles. The smallest absolute Gasteiger partial charge is 0.243 e. The SMILES string of the molecule is CN1C(=O)C(Cc2ccccc2)NC12CCN(S(=O)(=O)c1cccc(Cl)c1)CC2. The molecule has 2 fully saturated rings. The molecule has 1 amide bonds. The Balaban J connectivity index is 1.47. The lowest BCUT2D eigenvalue weighted by Crippen LogP contribution is -2.58. The number of hydrogen-bond acceptors (Lipinski definition) is 4. The lowest BCUT2D eigenvalue weighted by Gasteiger charge is -2.42. The van der Waals surface area contributed by atoms with Gasteiger partial charge in [-0.05, 0) is 43.0 Å². The molecule has 0 radical (unpaired) electrons. The minimum atomic E-state index is -3.61. The fraction of sp³-hybridized carbons (Fsp3) is 0.381. The van der Waals surface area contributed by atoms with Crippen molar-refractivity contribution in [3.8, 4) is 0 Å². The number of nitrogens with zero attached hydrogens (tertiary/aromatic N) is 2. The van der Waals surface area contributed by atoms with Crippen LogP contribution in [-0.4, -0.2) is 55.4 Å². The summed E-state index contributed by atoms with van der Waals surface area (Å²) in [7, 11) is -1.80. The zero-order chi connectivity index (χ0) is 20.6. The number of carbonyl (C=O) groups excluding carboxylic acids is 1. The zero-order valence-corrected chi connectivity index (χ0v) is 17.8. The summed E-state index contributed by atoms with van der Waals surface area (Å²) >= 11 is 5.97.